The molecule has 4 rings (SSSR count). The van der Waals surface area contributed by atoms with Gasteiger partial charge in [0.1, 0.15) is 5.75 Å². The highest BCUT2D eigenvalue weighted by Crippen LogP contribution is 2.24. The third-order valence-corrected chi connectivity index (χ3v) is 5.66. The van der Waals surface area contributed by atoms with Crippen LogP contribution in [0.25, 0.3) is 22.3 Å². The topological polar surface area (TPSA) is 83.0 Å². The van der Waals surface area contributed by atoms with E-state index < -0.39 is 0 Å². The highest BCUT2D eigenvalue weighted by atomic mass is 32.2. The van der Waals surface area contributed by atoms with E-state index in [-0.39, 0.29) is 5.56 Å². The van der Waals surface area contributed by atoms with Crippen LogP contribution in [0, 0.1) is 0 Å². The lowest BCUT2D eigenvalue weighted by Gasteiger charge is -2.12. The lowest BCUT2D eigenvalue weighted by Crippen LogP contribution is -2.23. The van der Waals surface area contributed by atoms with Crippen LogP contribution in [0.5, 0.6) is 5.75 Å². The number of rotatable bonds is 8. The minimum Gasteiger partial charge on any atom is -0.497 e. The Morgan fingerprint density at radius 2 is 1.90 bits per heavy atom. The van der Waals surface area contributed by atoms with Gasteiger partial charge in [-0.3, -0.25) is 9.36 Å². The SMILES string of the molecule is CCCCn1c(SCc2nc(-c3ccc(OC)cc3)no2)nc2ccccc2c1=O. The van der Waals surface area contributed by atoms with Gasteiger partial charge < -0.3 is 9.26 Å². The van der Waals surface area contributed by atoms with Crippen molar-refractivity contribution in [3.8, 4) is 17.1 Å². The summed E-state index contributed by atoms with van der Waals surface area (Å²) in [6.07, 6.45) is 1.91. The van der Waals surface area contributed by atoms with Crippen LogP contribution >= 0.6 is 11.8 Å². The predicted octanol–water partition coefficient (Wildman–Crippen LogP) is 4.55. The highest BCUT2D eigenvalue weighted by molar-refractivity contribution is 7.98. The van der Waals surface area contributed by atoms with Gasteiger partial charge in [0.2, 0.25) is 11.7 Å². The van der Waals surface area contributed by atoms with E-state index in [0.29, 0.717) is 40.1 Å². The zero-order valence-corrected chi connectivity index (χ0v) is 17.7. The summed E-state index contributed by atoms with van der Waals surface area (Å²) in [6, 6.07) is 14.9. The van der Waals surface area contributed by atoms with Crippen molar-refractivity contribution in [1.29, 1.82) is 0 Å². The zero-order valence-electron chi connectivity index (χ0n) is 16.9. The molecule has 4 aromatic rings. The number of unbranched alkanes of at least 4 members (excludes halogenated alkanes) is 1. The van der Waals surface area contributed by atoms with Gasteiger partial charge in [0.05, 0.1) is 23.8 Å². The average molecular weight is 423 g/mol. The molecule has 0 aliphatic carbocycles. The lowest BCUT2D eigenvalue weighted by atomic mass is 10.2. The van der Waals surface area contributed by atoms with Crippen molar-refractivity contribution in [2.45, 2.75) is 37.2 Å². The summed E-state index contributed by atoms with van der Waals surface area (Å²) >= 11 is 1.43. The molecule has 0 saturated heterocycles. The van der Waals surface area contributed by atoms with Crippen LogP contribution < -0.4 is 10.3 Å². The molecule has 0 radical (unpaired) electrons. The second-order valence-corrected chi connectivity index (χ2v) is 7.69. The summed E-state index contributed by atoms with van der Waals surface area (Å²) in [6.45, 7) is 2.74. The van der Waals surface area contributed by atoms with Crippen LogP contribution in [-0.4, -0.2) is 26.8 Å². The normalized spacial score (nSPS) is 11.1. The Kier molecular flexibility index (Phi) is 6.13. The van der Waals surface area contributed by atoms with Crippen LogP contribution in [0.3, 0.4) is 0 Å². The van der Waals surface area contributed by atoms with E-state index in [1.807, 2.05) is 48.5 Å². The van der Waals surface area contributed by atoms with Gasteiger partial charge in [0.15, 0.2) is 5.16 Å². The molecule has 2 heterocycles. The summed E-state index contributed by atoms with van der Waals surface area (Å²) < 4.78 is 12.3. The Labute approximate surface area is 178 Å². The van der Waals surface area contributed by atoms with Gasteiger partial charge in [0, 0.05) is 12.1 Å². The third kappa shape index (κ3) is 4.23. The van der Waals surface area contributed by atoms with Crippen LogP contribution in [0.1, 0.15) is 25.7 Å². The minimum absolute atomic E-state index is 0.0130. The maximum atomic E-state index is 13.0. The summed E-state index contributed by atoms with van der Waals surface area (Å²) in [5.74, 6) is 2.20. The van der Waals surface area contributed by atoms with Gasteiger partial charge in [-0.1, -0.05) is 42.4 Å². The summed E-state index contributed by atoms with van der Waals surface area (Å²) in [5.41, 5.74) is 1.53. The number of fused-ring (bicyclic) bond motifs is 1. The number of methoxy groups -OCH3 is 1. The number of para-hydroxylation sites is 1. The predicted molar refractivity (Wildman–Crippen MR) is 117 cm³/mol. The van der Waals surface area contributed by atoms with Crippen molar-refractivity contribution in [3.63, 3.8) is 0 Å². The summed E-state index contributed by atoms with van der Waals surface area (Å²) in [5, 5.41) is 5.36. The first-order chi connectivity index (χ1) is 14.7. The molecule has 30 heavy (non-hydrogen) atoms. The zero-order chi connectivity index (χ0) is 20.9. The van der Waals surface area contributed by atoms with Crippen LogP contribution in [-0.2, 0) is 12.3 Å². The van der Waals surface area contributed by atoms with E-state index in [9.17, 15) is 4.79 Å². The Hall–Kier alpha value is -3.13. The summed E-state index contributed by atoms with van der Waals surface area (Å²) in [7, 11) is 1.62. The van der Waals surface area contributed by atoms with Gasteiger partial charge >= 0.3 is 0 Å². The second-order valence-electron chi connectivity index (χ2n) is 6.75. The maximum absolute atomic E-state index is 13.0. The van der Waals surface area contributed by atoms with Crippen molar-refractivity contribution in [2.24, 2.45) is 0 Å². The monoisotopic (exact) mass is 422 g/mol. The first kappa shape index (κ1) is 20.2. The molecule has 0 N–H and O–H groups in total. The molecule has 0 spiro atoms. The van der Waals surface area contributed by atoms with E-state index in [2.05, 4.69) is 17.1 Å². The average Bonchev–Trinajstić information content (AvgIpc) is 3.26. The fraction of sp³-hybridized carbons (Fsp3) is 0.273. The van der Waals surface area contributed by atoms with Gasteiger partial charge in [-0.05, 0) is 42.8 Å². The number of aromatic nitrogens is 4. The van der Waals surface area contributed by atoms with E-state index >= 15 is 0 Å². The Balaban J connectivity index is 1.57. The first-order valence-corrected chi connectivity index (χ1v) is 10.8. The second kappa shape index (κ2) is 9.13. The van der Waals surface area contributed by atoms with Crippen molar-refractivity contribution in [1.82, 2.24) is 19.7 Å². The molecule has 7 nitrogen and oxygen atoms in total. The molecule has 0 amide bonds. The molecule has 2 aromatic carbocycles. The van der Waals surface area contributed by atoms with Crippen molar-refractivity contribution in [3.05, 3.63) is 64.8 Å². The molecule has 0 saturated carbocycles. The molecular formula is C22H22N4O3S. The lowest BCUT2D eigenvalue weighted by molar-refractivity contribution is 0.391. The molecule has 2 aromatic heterocycles. The number of hydrogen-bond acceptors (Lipinski definition) is 7. The quantitative estimate of drug-likeness (QED) is 0.304. The largest absolute Gasteiger partial charge is 0.497 e. The van der Waals surface area contributed by atoms with E-state index in [1.165, 1.54) is 11.8 Å². The van der Waals surface area contributed by atoms with Crippen LogP contribution in [0.4, 0.5) is 0 Å². The van der Waals surface area contributed by atoms with E-state index in [4.69, 9.17) is 14.2 Å². The molecule has 0 aliphatic rings. The number of nitrogens with zero attached hydrogens (tertiary/aromatic N) is 4. The Morgan fingerprint density at radius 3 is 2.67 bits per heavy atom. The minimum atomic E-state index is -0.0130. The van der Waals surface area contributed by atoms with Crippen molar-refractivity contribution < 1.29 is 9.26 Å². The van der Waals surface area contributed by atoms with E-state index in [1.54, 1.807) is 11.7 Å². The number of hydrogen-bond donors (Lipinski definition) is 0. The molecule has 0 unspecified atom stereocenters. The highest BCUT2D eigenvalue weighted by Gasteiger charge is 2.14. The maximum Gasteiger partial charge on any atom is 0.262 e. The molecule has 0 bridgehead atoms. The third-order valence-electron chi connectivity index (χ3n) is 4.70. The van der Waals surface area contributed by atoms with Gasteiger partial charge in [-0.15, -0.1) is 0 Å². The molecular weight excluding hydrogens is 400 g/mol. The fourth-order valence-electron chi connectivity index (χ4n) is 3.07. The molecule has 0 fully saturated rings. The molecule has 0 aliphatic heterocycles. The smallest absolute Gasteiger partial charge is 0.262 e. The first-order valence-electron chi connectivity index (χ1n) is 9.79. The van der Waals surface area contributed by atoms with Gasteiger partial charge in [-0.2, -0.15) is 4.98 Å². The molecule has 8 heteroatoms. The van der Waals surface area contributed by atoms with Crippen LogP contribution in [0.2, 0.25) is 0 Å². The fourth-order valence-corrected chi connectivity index (χ4v) is 3.93. The number of thioether (sulfide) groups is 1. The molecule has 0 atom stereocenters. The standard InChI is InChI=1S/C22H22N4O3S/c1-3-4-13-26-21(27)17-7-5-6-8-18(17)23-22(26)30-14-19-24-20(25-29-19)15-9-11-16(28-2)12-10-15/h5-12H,3-4,13-14H2,1-2H3. The van der Waals surface area contributed by atoms with Gasteiger partial charge in [0.25, 0.3) is 5.56 Å². The van der Waals surface area contributed by atoms with Crippen LogP contribution in [0.15, 0.2) is 63.0 Å². The van der Waals surface area contributed by atoms with E-state index in [0.717, 1.165) is 24.2 Å². The number of ether oxygens (including phenoxy) is 1. The molecule has 154 valence electrons. The summed E-state index contributed by atoms with van der Waals surface area (Å²) in [4.78, 5) is 22.1. The Bertz CT molecular complexity index is 1200. The van der Waals surface area contributed by atoms with Gasteiger partial charge in [-0.25, -0.2) is 4.98 Å². The van der Waals surface area contributed by atoms with Crippen molar-refractivity contribution >= 4 is 22.7 Å². The Morgan fingerprint density at radius 1 is 1.10 bits per heavy atom. The number of benzene rings is 2. The van der Waals surface area contributed by atoms with Crippen molar-refractivity contribution in [2.75, 3.05) is 7.11 Å².